The van der Waals surface area contributed by atoms with Crippen LogP contribution in [-0.4, -0.2) is 11.1 Å². The SMILES string of the molecule is CCCCCC[C@@H]1C=C[C@H](CCCCCCCC(=O)O)C(C#N)(C#N)C1(C#N)C#N. The van der Waals surface area contributed by atoms with Gasteiger partial charge in [-0.2, -0.15) is 21.0 Å². The first-order valence-electron chi connectivity index (χ1n) is 11.0. The van der Waals surface area contributed by atoms with Crippen LogP contribution in [0.25, 0.3) is 0 Å². The van der Waals surface area contributed by atoms with Crippen LogP contribution in [0.15, 0.2) is 12.2 Å². The summed E-state index contributed by atoms with van der Waals surface area (Å²) < 4.78 is 0. The first-order valence-corrected chi connectivity index (χ1v) is 11.0. The molecule has 0 bridgehead atoms. The molecule has 30 heavy (non-hydrogen) atoms. The van der Waals surface area contributed by atoms with Crippen LogP contribution in [0.5, 0.6) is 0 Å². The minimum Gasteiger partial charge on any atom is -0.481 e. The van der Waals surface area contributed by atoms with Gasteiger partial charge in [-0.3, -0.25) is 4.79 Å². The van der Waals surface area contributed by atoms with Crippen LogP contribution < -0.4 is 0 Å². The predicted molar refractivity (Wildman–Crippen MR) is 112 cm³/mol. The monoisotopic (exact) mass is 408 g/mol. The second-order valence-corrected chi connectivity index (χ2v) is 8.21. The van der Waals surface area contributed by atoms with Gasteiger partial charge in [0.25, 0.3) is 0 Å². The topological polar surface area (TPSA) is 132 Å². The molecule has 0 aliphatic heterocycles. The number of hydrogen-bond acceptors (Lipinski definition) is 5. The molecule has 0 unspecified atom stereocenters. The first-order chi connectivity index (χ1) is 14.5. The maximum absolute atomic E-state index is 10.6. The zero-order valence-corrected chi connectivity index (χ0v) is 17.9. The van der Waals surface area contributed by atoms with E-state index in [0.717, 1.165) is 51.4 Å². The van der Waals surface area contributed by atoms with Crippen molar-refractivity contribution in [2.75, 3.05) is 0 Å². The number of carbonyl (C=O) groups is 1. The van der Waals surface area contributed by atoms with E-state index in [9.17, 15) is 25.8 Å². The lowest BCUT2D eigenvalue weighted by Crippen LogP contribution is -2.50. The van der Waals surface area contributed by atoms with Crippen LogP contribution in [0.3, 0.4) is 0 Å². The summed E-state index contributed by atoms with van der Waals surface area (Å²) in [5.41, 5.74) is -3.34. The van der Waals surface area contributed by atoms with E-state index in [1.807, 2.05) is 12.2 Å². The largest absolute Gasteiger partial charge is 0.481 e. The molecule has 1 rings (SSSR count). The van der Waals surface area contributed by atoms with Crippen molar-refractivity contribution in [3.05, 3.63) is 12.2 Å². The van der Waals surface area contributed by atoms with Gasteiger partial charge in [-0.05, 0) is 19.3 Å². The molecule has 160 valence electrons. The van der Waals surface area contributed by atoms with Crippen LogP contribution in [0.1, 0.15) is 84.0 Å². The molecule has 0 fully saturated rings. The summed E-state index contributed by atoms with van der Waals surface area (Å²) >= 11 is 0. The van der Waals surface area contributed by atoms with Gasteiger partial charge in [-0.15, -0.1) is 0 Å². The van der Waals surface area contributed by atoms with Gasteiger partial charge >= 0.3 is 5.97 Å². The highest BCUT2D eigenvalue weighted by Crippen LogP contribution is 2.55. The maximum Gasteiger partial charge on any atom is 0.303 e. The third kappa shape index (κ3) is 5.62. The fourth-order valence-corrected chi connectivity index (χ4v) is 4.46. The van der Waals surface area contributed by atoms with Gasteiger partial charge in [0.05, 0.1) is 24.3 Å². The van der Waals surface area contributed by atoms with Crippen molar-refractivity contribution in [2.24, 2.45) is 22.7 Å². The Kier molecular flexibility index (Phi) is 10.6. The number of hydrogen-bond donors (Lipinski definition) is 1. The summed E-state index contributed by atoms with van der Waals surface area (Å²) in [5.74, 6) is -1.67. The second kappa shape index (κ2) is 12.7. The molecule has 0 aromatic rings. The van der Waals surface area contributed by atoms with Crippen LogP contribution in [0.4, 0.5) is 0 Å². The normalized spacial score (nSPS) is 21.0. The average molecular weight is 409 g/mol. The average Bonchev–Trinajstić information content (AvgIpc) is 2.75. The van der Waals surface area contributed by atoms with E-state index >= 15 is 0 Å². The van der Waals surface area contributed by atoms with E-state index in [1.54, 1.807) is 0 Å². The van der Waals surface area contributed by atoms with Gasteiger partial charge in [-0.1, -0.05) is 70.4 Å². The number of rotatable bonds is 13. The molecule has 6 heteroatoms. The Labute approximate surface area is 180 Å². The van der Waals surface area contributed by atoms with Gasteiger partial charge in [0, 0.05) is 18.3 Å². The number of aliphatic carboxylic acids is 1. The van der Waals surface area contributed by atoms with Gasteiger partial charge < -0.3 is 5.11 Å². The number of allylic oxidation sites excluding steroid dienone is 2. The van der Waals surface area contributed by atoms with Crippen LogP contribution in [0, 0.1) is 68.0 Å². The summed E-state index contributed by atoms with van der Waals surface area (Å²) in [6.45, 7) is 2.11. The molecule has 0 heterocycles. The Bertz CT molecular complexity index is 732. The van der Waals surface area contributed by atoms with E-state index in [0.29, 0.717) is 19.3 Å². The fourth-order valence-electron chi connectivity index (χ4n) is 4.46. The summed E-state index contributed by atoms with van der Waals surface area (Å²) in [4.78, 5) is 10.6. The molecule has 0 amide bonds. The molecule has 1 N–H and O–H groups in total. The Morgan fingerprint density at radius 1 is 0.767 bits per heavy atom. The molecule has 6 nitrogen and oxygen atoms in total. The summed E-state index contributed by atoms with van der Waals surface area (Å²) in [7, 11) is 0. The highest BCUT2D eigenvalue weighted by Gasteiger charge is 2.63. The van der Waals surface area contributed by atoms with Crippen molar-refractivity contribution >= 4 is 5.97 Å². The number of nitriles is 4. The lowest BCUT2D eigenvalue weighted by Gasteiger charge is -2.43. The number of unbranched alkanes of at least 4 members (excludes halogenated alkanes) is 7. The Morgan fingerprint density at radius 3 is 1.57 bits per heavy atom. The van der Waals surface area contributed by atoms with Crippen LogP contribution in [0.2, 0.25) is 0 Å². The number of carboxylic acid groups (broad SMARTS) is 1. The Hall–Kier alpha value is -2.83. The van der Waals surface area contributed by atoms with E-state index in [-0.39, 0.29) is 6.42 Å². The minimum atomic E-state index is -1.68. The molecular formula is C24H32N4O2. The van der Waals surface area contributed by atoms with Gasteiger partial charge in [0.1, 0.15) is 0 Å². The molecule has 0 spiro atoms. The molecule has 2 atom stereocenters. The van der Waals surface area contributed by atoms with Gasteiger partial charge in [0.15, 0.2) is 10.8 Å². The number of nitrogens with zero attached hydrogens (tertiary/aromatic N) is 4. The Morgan fingerprint density at radius 2 is 1.17 bits per heavy atom. The zero-order valence-electron chi connectivity index (χ0n) is 17.9. The summed E-state index contributed by atoms with van der Waals surface area (Å²) in [6, 6.07) is 8.38. The smallest absolute Gasteiger partial charge is 0.303 e. The van der Waals surface area contributed by atoms with Gasteiger partial charge in [0.2, 0.25) is 0 Å². The van der Waals surface area contributed by atoms with E-state index in [1.165, 1.54) is 0 Å². The van der Waals surface area contributed by atoms with E-state index in [4.69, 9.17) is 5.11 Å². The van der Waals surface area contributed by atoms with Crippen molar-refractivity contribution < 1.29 is 9.90 Å². The maximum atomic E-state index is 10.6. The molecule has 0 aromatic heterocycles. The first kappa shape index (κ1) is 25.2. The molecule has 1 aliphatic rings. The third-order valence-corrected chi connectivity index (χ3v) is 6.29. The third-order valence-electron chi connectivity index (χ3n) is 6.29. The molecular weight excluding hydrogens is 376 g/mol. The second-order valence-electron chi connectivity index (χ2n) is 8.21. The highest BCUT2D eigenvalue weighted by molar-refractivity contribution is 5.66. The highest BCUT2D eigenvalue weighted by atomic mass is 16.4. The fraction of sp³-hybridized carbons (Fsp3) is 0.708. The zero-order chi connectivity index (χ0) is 22.5. The molecule has 0 saturated heterocycles. The van der Waals surface area contributed by atoms with Crippen molar-refractivity contribution in [3.8, 4) is 24.3 Å². The summed E-state index contributed by atoms with van der Waals surface area (Å²) in [6.07, 6.45) is 13.2. The molecule has 0 aromatic carbocycles. The molecule has 0 saturated carbocycles. The van der Waals surface area contributed by atoms with Crippen molar-refractivity contribution in [1.29, 1.82) is 21.0 Å². The van der Waals surface area contributed by atoms with Crippen molar-refractivity contribution in [3.63, 3.8) is 0 Å². The van der Waals surface area contributed by atoms with E-state index in [2.05, 4.69) is 31.2 Å². The summed E-state index contributed by atoms with van der Waals surface area (Å²) in [5, 5.41) is 48.6. The van der Waals surface area contributed by atoms with Gasteiger partial charge in [-0.25, -0.2) is 0 Å². The van der Waals surface area contributed by atoms with E-state index < -0.39 is 28.6 Å². The van der Waals surface area contributed by atoms with Crippen LogP contribution in [-0.2, 0) is 4.79 Å². The molecule has 1 aliphatic carbocycles. The Balaban J connectivity index is 2.89. The minimum absolute atomic E-state index is 0.170. The lowest BCUT2D eigenvalue weighted by molar-refractivity contribution is -0.137. The molecule has 0 radical (unpaired) electrons. The van der Waals surface area contributed by atoms with Crippen LogP contribution >= 0.6 is 0 Å². The van der Waals surface area contributed by atoms with Crippen molar-refractivity contribution in [1.82, 2.24) is 0 Å². The quantitative estimate of drug-likeness (QED) is 0.309. The van der Waals surface area contributed by atoms with Crippen molar-refractivity contribution in [2.45, 2.75) is 84.0 Å². The lowest BCUT2D eigenvalue weighted by atomic mass is 9.50. The number of carboxylic acids is 1. The standard InChI is InChI=1S/C24H32N4O2/c1-2-3-4-8-11-20-14-15-21(12-9-6-5-7-10-13-22(29)30)24(18-27,19-28)23(20,16-25)17-26/h14-15,20-21H,2-13H2,1H3,(H,29,30)/t20-,21+/m1/s1. The predicted octanol–water partition coefficient (Wildman–Crippen LogP) is 5.64.